The molecular weight excluding hydrogens is 532 g/mol. The lowest BCUT2D eigenvalue weighted by Gasteiger charge is -2.40. The molecule has 2 fully saturated rings. The van der Waals surface area contributed by atoms with Crippen molar-refractivity contribution in [1.29, 1.82) is 0 Å². The van der Waals surface area contributed by atoms with Gasteiger partial charge in [0.1, 0.15) is 12.3 Å². The quantitative estimate of drug-likeness (QED) is 0.420. The summed E-state index contributed by atoms with van der Waals surface area (Å²) in [6.07, 6.45) is 3.88. The predicted octanol–water partition coefficient (Wildman–Crippen LogP) is 5.97. The minimum Gasteiger partial charge on any atom is -0.497 e. The maximum Gasteiger partial charge on any atom is 0.308 e. The Morgan fingerprint density at radius 3 is 2.74 bits per heavy atom. The molecule has 0 radical (unpaired) electrons. The Morgan fingerprint density at radius 2 is 1.97 bits per heavy atom. The third kappa shape index (κ3) is 3.84. The number of nitrogens with one attached hydrogen (secondary N) is 1. The van der Waals surface area contributed by atoms with E-state index in [-0.39, 0.29) is 23.2 Å². The summed E-state index contributed by atoms with van der Waals surface area (Å²) in [7, 11) is 1.61. The summed E-state index contributed by atoms with van der Waals surface area (Å²) < 4.78 is 7.95. The van der Waals surface area contributed by atoms with Crippen LogP contribution in [0.2, 0.25) is 0 Å². The molecular formula is C26H25BrN2O3S2. The molecule has 2 saturated carbocycles. The Hall–Kier alpha value is -2.03. The SMILES string of the molecule is COc1ccc(NC(=O)Cn2c3c(sc2=O)[C@@H](c2cccc(Br)c2)[C@@H]2[C@H]4CC[C@@H](C4)[C@H]2S3)cc1. The molecule has 1 N–H and O–H groups in total. The highest BCUT2D eigenvalue weighted by Crippen LogP contribution is 2.64. The van der Waals surface area contributed by atoms with E-state index in [1.165, 1.54) is 36.2 Å². The number of halogens is 1. The lowest BCUT2D eigenvalue weighted by atomic mass is 9.75. The number of benzene rings is 2. The highest BCUT2D eigenvalue weighted by molar-refractivity contribution is 9.10. The lowest BCUT2D eigenvalue weighted by molar-refractivity contribution is -0.116. The Bertz CT molecular complexity index is 1300. The number of hydrogen-bond donors (Lipinski definition) is 1. The van der Waals surface area contributed by atoms with Crippen LogP contribution >= 0.6 is 39.0 Å². The van der Waals surface area contributed by atoms with Crippen molar-refractivity contribution in [3.8, 4) is 5.75 Å². The first-order chi connectivity index (χ1) is 16.5. The van der Waals surface area contributed by atoms with Gasteiger partial charge in [-0.25, -0.2) is 0 Å². The van der Waals surface area contributed by atoms with E-state index in [1.807, 2.05) is 23.9 Å². The number of thioether (sulfide) groups is 1. The zero-order valence-corrected chi connectivity index (χ0v) is 21.9. The summed E-state index contributed by atoms with van der Waals surface area (Å²) in [5.74, 6) is 2.75. The van der Waals surface area contributed by atoms with E-state index in [0.29, 0.717) is 22.8 Å². The topological polar surface area (TPSA) is 60.3 Å². The Morgan fingerprint density at radius 1 is 1.18 bits per heavy atom. The molecule has 8 heteroatoms. The molecule has 176 valence electrons. The van der Waals surface area contributed by atoms with Gasteiger partial charge in [0.05, 0.1) is 12.1 Å². The summed E-state index contributed by atoms with van der Waals surface area (Å²) in [5, 5.41) is 4.44. The van der Waals surface area contributed by atoms with Crippen LogP contribution < -0.4 is 14.9 Å². The molecule has 0 unspecified atom stereocenters. The zero-order valence-electron chi connectivity index (χ0n) is 18.7. The fourth-order valence-corrected chi connectivity index (χ4v) is 9.75. The molecule has 1 amide bonds. The monoisotopic (exact) mass is 556 g/mol. The van der Waals surface area contributed by atoms with Crippen molar-refractivity contribution in [3.05, 3.63) is 73.1 Å². The van der Waals surface area contributed by atoms with E-state index in [9.17, 15) is 9.59 Å². The molecule has 6 rings (SSSR count). The lowest BCUT2D eigenvalue weighted by Crippen LogP contribution is -2.34. The Kier molecular flexibility index (Phi) is 5.86. The first-order valence-corrected chi connectivity index (χ1v) is 14.1. The second-order valence-electron chi connectivity index (χ2n) is 9.43. The number of rotatable bonds is 5. The third-order valence-corrected chi connectivity index (χ3v) is 10.9. The van der Waals surface area contributed by atoms with Crippen LogP contribution in [0.25, 0.3) is 0 Å². The molecule has 0 saturated heterocycles. The molecule has 2 aromatic carbocycles. The molecule has 5 atom stereocenters. The van der Waals surface area contributed by atoms with Crippen LogP contribution in [0.5, 0.6) is 5.75 Å². The summed E-state index contributed by atoms with van der Waals surface area (Å²) in [6, 6.07) is 15.8. The maximum absolute atomic E-state index is 13.2. The molecule has 3 aliphatic rings. The van der Waals surface area contributed by atoms with Gasteiger partial charge in [0.15, 0.2) is 0 Å². The van der Waals surface area contributed by atoms with Crippen molar-refractivity contribution in [3.63, 3.8) is 0 Å². The number of anilines is 1. The Balaban J connectivity index is 1.34. The summed E-state index contributed by atoms with van der Waals surface area (Å²) in [4.78, 5) is 27.2. The van der Waals surface area contributed by atoms with Crippen LogP contribution in [-0.4, -0.2) is 22.8 Å². The molecule has 1 aromatic heterocycles. The van der Waals surface area contributed by atoms with Gasteiger partial charge in [-0.3, -0.25) is 14.2 Å². The predicted molar refractivity (Wildman–Crippen MR) is 140 cm³/mol. The van der Waals surface area contributed by atoms with E-state index in [1.54, 1.807) is 23.8 Å². The number of nitrogens with zero attached hydrogens (tertiary/aromatic N) is 1. The van der Waals surface area contributed by atoms with Crippen LogP contribution in [0.1, 0.15) is 35.6 Å². The van der Waals surface area contributed by atoms with Gasteiger partial charge in [-0.05, 0) is 79.0 Å². The maximum atomic E-state index is 13.2. The second kappa shape index (κ2) is 8.88. The average Bonchev–Trinajstić information content (AvgIpc) is 3.52. The van der Waals surface area contributed by atoms with Crippen molar-refractivity contribution in [2.45, 2.75) is 42.0 Å². The van der Waals surface area contributed by atoms with Gasteiger partial charge in [-0.15, -0.1) is 11.8 Å². The first kappa shape index (κ1) is 22.4. The van der Waals surface area contributed by atoms with Gasteiger partial charge in [-0.2, -0.15) is 0 Å². The third-order valence-electron chi connectivity index (χ3n) is 7.57. The van der Waals surface area contributed by atoms with Gasteiger partial charge in [-0.1, -0.05) is 39.4 Å². The van der Waals surface area contributed by atoms with E-state index >= 15 is 0 Å². The van der Waals surface area contributed by atoms with Crippen LogP contribution in [-0.2, 0) is 11.3 Å². The number of methoxy groups -OCH3 is 1. The van der Waals surface area contributed by atoms with Gasteiger partial charge in [0, 0.05) is 26.2 Å². The molecule has 5 nitrogen and oxygen atoms in total. The van der Waals surface area contributed by atoms with Gasteiger partial charge in [0.2, 0.25) is 5.91 Å². The normalized spacial score (nSPS) is 26.7. The van der Waals surface area contributed by atoms with Crippen molar-refractivity contribution < 1.29 is 9.53 Å². The fraction of sp³-hybridized carbons (Fsp3) is 0.385. The minimum absolute atomic E-state index is 0.0282. The largest absolute Gasteiger partial charge is 0.497 e. The molecule has 2 bridgehead atoms. The van der Waals surface area contributed by atoms with Crippen LogP contribution in [0.3, 0.4) is 0 Å². The summed E-state index contributed by atoms with van der Waals surface area (Å²) in [6.45, 7) is 0.0282. The van der Waals surface area contributed by atoms with Gasteiger partial charge >= 0.3 is 4.87 Å². The first-order valence-electron chi connectivity index (χ1n) is 11.6. The van der Waals surface area contributed by atoms with E-state index in [0.717, 1.165) is 26.0 Å². The highest BCUT2D eigenvalue weighted by Gasteiger charge is 2.55. The minimum atomic E-state index is -0.192. The van der Waals surface area contributed by atoms with Crippen LogP contribution in [0, 0.1) is 17.8 Å². The molecule has 1 aliphatic heterocycles. The van der Waals surface area contributed by atoms with Crippen LogP contribution in [0.15, 0.2) is 62.8 Å². The fourth-order valence-electron chi connectivity index (χ4n) is 6.18. The zero-order chi connectivity index (χ0) is 23.4. The van der Waals surface area contributed by atoms with Crippen molar-refractivity contribution in [1.82, 2.24) is 4.57 Å². The van der Waals surface area contributed by atoms with Crippen molar-refractivity contribution >= 4 is 50.6 Å². The van der Waals surface area contributed by atoms with Crippen molar-refractivity contribution in [2.24, 2.45) is 17.8 Å². The number of hydrogen-bond acceptors (Lipinski definition) is 5. The second-order valence-corrected chi connectivity index (χ2v) is 12.5. The summed E-state index contributed by atoms with van der Waals surface area (Å²) in [5.41, 5.74) is 1.96. The van der Waals surface area contributed by atoms with Crippen molar-refractivity contribution in [2.75, 3.05) is 12.4 Å². The highest BCUT2D eigenvalue weighted by atomic mass is 79.9. The smallest absolute Gasteiger partial charge is 0.308 e. The number of carbonyl (C=O) groups is 1. The standard InChI is InChI=1S/C26H25BrN2O3S2/c1-32-19-9-7-18(8-10-19)28-20(30)13-29-25-24(34-26(29)31)22(14-3-2-4-17(27)12-14)21-15-5-6-16(11-15)23(21)33-25/h2-4,7-10,12,15-16,21-23H,5-6,11,13H2,1H3,(H,28,30)/t15-,16-,21-,22-,23+/m0/s1. The van der Waals surface area contributed by atoms with Crippen LogP contribution in [0.4, 0.5) is 5.69 Å². The Labute approximate surface area is 215 Å². The molecule has 2 aliphatic carbocycles. The molecule has 0 spiro atoms. The summed E-state index contributed by atoms with van der Waals surface area (Å²) >= 11 is 6.83. The molecule has 3 aromatic rings. The number of fused-ring (bicyclic) bond motifs is 6. The molecule has 2 heterocycles. The number of amides is 1. The number of carbonyl (C=O) groups excluding carboxylic acids is 1. The van der Waals surface area contributed by atoms with Gasteiger partial charge in [0.25, 0.3) is 0 Å². The van der Waals surface area contributed by atoms with E-state index < -0.39 is 0 Å². The van der Waals surface area contributed by atoms with E-state index in [2.05, 4.69) is 45.5 Å². The van der Waals surface area contributed by atoms with E-state index in [4.69, 9.17) is 4.74 Å². The number of aromatic nitrogens is 1. The number of thiazole rings is 1. The van der Waals surface area contributed by atoms with Gasteiger partial charge < -0.3 is 10.1 Å². The number of ether oxygens (including phenoxy) is 1. The molecule has 34 heavy (non-hydrogen) atoms. The average molecular weight is 558 g/mol.